The van der Waals surface area contributed by atoms with Crippen LogP contribution in [0.1, 0.15) is 32.6 Å². The average molecular weight is 156 g/mol. The van der Waals surface area contributed by atoms with Gasteiger partial charge in [0.25, 0.3) is 0 Å². The van der Waals surface area contributed by atoms with Crippen LogP contribution >= 0.6 is 0 Å². The molecule has 0 spiro atoms. The van der Waals surface area contributed by atoms with Gasteiger partial charge in [-0.3, -0.25) is 0 Å². The summed E-state index contributed by atoms with van der Waals surface area (Å²) in [4.78, 5) is 10.2. The zero-order valence-corrected chi connectivity index (χ0v) is 7.08. The molecule has 0 aromatic heterocycles. The van der Waals surface area contributed by atoms with E-state index in [2.05, 4.69) is 0 Å². The maximum Gasteiger partial charge on any atom is 0.122 e. The van der Waals surface area contributed by atoms with Crippen LogP contribution in [0.3, 0.4) is 0 Å². The minimum atomic E-state index is 0.199. The summed E-state index contributed by atoms with van der Waals surface area (Å²) >= 11 is 0. The molecule has 2 nitrogen and oxygen atoms in total. The summed E-state index contributed by atoms with van der Waals surface area (Å²) in [5.74, 6) is 0.853. The van der Waals surface area contributed by atoms with Crippen molar-refractivity contribution in [2.45, 2.75) is 38.7 Å². The van der Waals surface area contributed by atoms with Crippen LogP contribution in [0.5, 0.6) is 0 Å². The van der Waals surface area contributed by atoms with E-state index < -0.39 is 0 Å². The van der Waals surface area contributed by atoms with Gasteiger partial charge in [-0.1, -0.05) is 12.8 Å². The maximum atomic E-state index is 10.2. The highest BCUT2D eigenvalue weighted by molar-refractivity contribution is 5.50. The SMILES string of the molecule is CCOC(CC=O)CC1CC1. The molecule has 0 N–H and O–H groups in total. The minimum absolute atomic E-state index is 0.199. The van der Waals surface area contributed by atoms with Gasteiger partial charge in [-0.05, 0) is 19.3 Å². The van der Waals surface area contributed by atoms with E-state index in [-0.39, 0.29) is 6.10 Å². The van der Waals surface area contributed by atoms with Crippen molar-refractivity contribution in [2.75, 3.05) is 6.61 Å². The summed E-state index contributed by atoms with van der Waals surface area (Å²) in [6, 6.07) is 0. The zero-order chi connectivity index (χ0) is 8.10. The molecular formula is C9H16O2. The van der Waals surface area contributed by atoms with E-state index in [1.54, 1.807) is 0 Å². The molecule has 0 heterocycles. The molecule has 2 heteroatoms. The van der Waals surface area contributed by atoms with Gasteiger partial charge in [0.05, 0.1) is 6.10 Å². The van der Waals surface area contributed by atoms with Crippen LogP contribution in [0.4, 0.5) is 0 Å². The molecule has 1 fully saturated rings. The number of carbonyl (C=O) groups is 1. The third-order valence-corrected chi connectivity index (χ3v) is 2.05. The van der Waals surface area contributed by atoms with Gasteiger partial charge in [-0.15, -0.1) is 0 Å². The van der Waals surface area contributed by atoms with Crippen molar-refractivity contribution in [1.29, 1.82) is 0 Å². The molecule has 64 valence electrons. The highest BCUT2D eigenvalue weighted by Crippen LogP contribution is 2.34. The Morgan fingerprint density at radius 1 is 1.64 bits per heavy atom. The molecule has 1 atom stereocenters. The lowest BCUT2D eigenvalue weighted by molar-refractivity contribution is -0.110. The van der Waals surface area contributed by atoms with Gasteiger partial charge in [0, 0.05) is 13.0 Å². The van der Waals surface area contributed by atoms with Crippen LogP contribution in [0.2, 0.25) is 0 Å². The third-order valence-electron chi connectivity index (χ3n) is 2.05. The number of hydrogen-bond acceptors (Lipinski definition) is 2. The molecule has 0 saturated heterocycles. The largest absolute Gasteiger partial charge is 0.378 e. The number of hydrogen-bond donors (Lipinski definition) is 0. The first-order valence-electron chi connectivity index (χ1n) is 4.42. The van der Waals surface area contributed by atoms with E-state index in [0.717, 1.165) is 25.2 Å². The van der Waals surface area contributed by atoms with Gasteiger partial charge in [0.2, 0.25) is 0 Å². The topological polar surface area (TPSA) is 26.3 Å². The Kier molecular flexibility index (Phi) is 3.57. The summed E-state index contributed by atoms with van der Waals surface area (Å²) in [6.45, 7) is 2.70. The van der Waals surface area contributed by atoms with Crippen LogP contribution in [-0.2, 0) is 9.53 Å². The summed E-state index contributed by atoms with van der Waals surface area (Å²) in [5.41, 5.74) is 0. The Bertz CT molecular complexity index is 119. The number of carbonyl (C=O) groups excluding carboxylic acids is 1. The molecule has 1 saturated carbocycles. The first-order chi connectivity index (χ1) is 5.36. The second-order valence-electron chi connectivity index (χ2n) is 3.16. The molecule has 1 unspecified atom stereocenters. The Labute approximate surface area is 67.9 Å². The van der Waals surface area contributed by atoms with Gasteiger partial charge in [-0.25, -0.2) is 0 Å². The summed E-state index contributed by atoms with van der Waals surface area (Å²) in [5, 5.41) is 0. The summed E-state index contributed by atoms with van der Waals surface area (Å²) < 4.78 is 5.40. The molecular weight excluding hydrogens is 140 g/mol. The van der Waals surface area contributed by atoms with E-state index in [1.165, 1.54) is 12.8 Å². The minimum Gasteiger partial charge on any atom is -0.378 e. The van der Waals surface area contributed by atoms with Gasteiger partial charge < -0.3 is 9.53 Å². The van der Waals surface area contributed by atoms with E-state index >= 15 is 0 Å². The fourth-order valence-corrected chi connectivity index (χ4v) is 1.30. The van der Waals surface area contributed by atoms with E-state index in [4.69, 9.17) is 4.74 Å². The summed E-state index contributed by atoms with van der Waals surface area (Å²) in [7, 11) is 0. The van der Waals surface area contributed by atoms with Gasteiger partial charge in [0.1, 0.15) is 6.29 Å². The lowest BCUT2D eigenvalue weighted by Crippen LogP contribution is -2.14. The number of ether oxygens (including phenoxy) is 1. The van der Waals surface area contributed by atoms with E-state index in [0.29, 0.717) is 6.42 Å². The fraction of sp³-hybridized carbons (Fsp3) is 0.889. The van der Waals surface area contributed by atoms with Crippen molar-refractivity contribution < 1.29 is 9.53 Å². The molecule has 0 aromatic rings. The average Bonchev–Trinajstić information content (AvgIpc) is 2.73. The second kappa shape index (κ2) is 4.50. The second-order valence-corrected chi connectivity index (χ2v) is 3.16. The quantitative estimate of drug-likeness (QED) is 0.548. The van der Waals surface area contributed by atoms with Gasteiger partial charge >= 0.3 is 0 Å². The number of rotatable bonds is 6. The monoisotopic (exact) mass is 156 g/mol. The predicted octanol–water partition coefficient (Wildman–Crippen LogP) is 1.78. The van der Waals surface area contributed by atoms with Crippen LogP contribution in [0.25, 0.3) is 0 Å². The third kappa shape index (κ3) is 3.51. The molecule has 1 aliphatic carbocycles. The molecule has 0 amide bonds. The molecule has 0 aromatic carbocycles. The van der Waals surface area contributed by atoms with E-state index in [9.17, 15) is 4.79 Å². The van der Waals surface area contributed by atoms with Crippen molar-refractivity contribution in [3.05, 3.63) is 0 Å². The predicted molar refractivity (Wildman–Crippen MR) is 43.4 cm³/mol. The first-order valence-corrected chi connectivity index (χ1v) is 4.42. The highest BCUT2D eigenvalue weighted by Gasteiger charge is 2.25. The van der Waals surface area contributed by atoms with Crippen molar-refractivity contribution in [1.82, 2.24) is 0 Å². The fourth-order valence-electron chi connectivity index (χ4n) is 1.30. The lowest BCUT2D eigenvalue weighted by Gasteiger charge is -2.12. The molecule has 0 bridgehead atoms. The standard InChI is InChI=1S/C9H16O2/c1-2-11-9(5-6-10)7-8-3-4-8/h6,8-9H,2-5,7H2,1H3. The molecule has 1 aliphatic rings. The smallest absolute Gasteiger partial charge is 0.122 e. The molecule has 0 aliphatic heterocycles. The molecule has 11 heavy (non-hydrogen) atoms. The molecule has 1 rings (SSSR count). The van der Waals surface area contributed by atoms with Crippen molar-refractivity contribution in [2.24, 2.45) is 5.92 Å². The van der Waals surface area contributed by atoms with Crippen molar-refractivity contribution in [3.8, 4) is 0 Å². The Hall–Kier alpha value is -0.370. The van der Waals surface area contributed by atoms with Gasteiger partial charge in [0.15, 0.2) is 0 Å². The molecule has 0 radical (unpaired) electrons. The first kappa shape index (κ1) is 8.72. The van der Waals surface area contributed by atoms with Gasteiger partial charge in [-0.2, -0.15) is 0 Å². The van der Waals surface area contributed by atoms with Crippen LogP contribution < -0.4 is 0 Å². The Morgan fingerprint density at radius 3 is 2.82 bits per heavy atom. The van der Waals surface area contributed by atoms with Crippen LogP contribution in [0.15, 0.2) is 0 Å². The number of aldehydes is 1. The van der Waals surface area contributed by atoms with Crippen LogP contribution in [-0.4, -0.2) is 19.0 Å². The zero-order valence-electron chi connectivity index (χ0n) is 7.08. The van der Waals surface area contributed by atoms with Crippen LogP contribution in [0, 0.1) is 5.92 Å². The highest BCUT2D eigenvalue weighted by atomic mass is 16.5. The normalized spacial score (nSPS) is 19.7. The van der Waals surface area contributed by atoms with E-state index in [1.807, 2.05) is 6.92 Å². The Balaban J connectivity index is 2.13. The maximum absolute atomic E-state index is 10.2. The lowest BCUT2D eigenvalue weighted by atomic mass is 10.1. The van der Waals surface area contributed by atoms with Crippen molar-refractivity contribution >= 4 is 6.29 Å². The Morgan fingerprint density at radius 2 is 2.36 bits per heavy atom. The van der Waals surface area contributed by atoms with Crippen molar-refractivity contribution in [3.63, 3.8) is 0 Å². The summed E-state index contributed by atoms with van der Waals surface area (Å²) in [6.07, 6.45) is 5.50.